The molecule has 0 aromatic heterocycles. The number of hydrogen-bond donors (Lipinski definition) is 0. The van der Waals surface area contributed by atoms with Gasteiger partial charge < -0.3 is 0 Å². The van der Waals surface area contributed by atoms with Crippen molar-refractivity contribution in [3.8, 4) is 0 Å². The number of hydrogen-bond acceptors (Lipinski definition) is 0. The van der Waals surface area contributed by atoms with Crippen LogP contribution >= 0.6 is 0 Å². The lowest BCUT2D eigenvalue weighted by Gasteiger charge is -2.20. The second-order valence-electron chi connectivity index (χ2n) is 5.51. The Labute approximate surface area is 127 Å². The van der Waals surface area contributed by atoms with Crippen molar-refractivity contribution < 1.29 is 0 Å². The minimum Gasteiger partial charge on any atom is -0.0622 e. The van der Waals surface area contributed by atoms with E-state index >= 15 is 0 Å². The minimum atomic E-state index is 0.412. The molecular formula is C21H20. The second kappa shape index (κ2) is 6.41. The predicted octanol–water partition coefficient (Wildman–Crippen LogP) is 5.37. The highest BCUT2D eigenvalue weighted by Crippen LogP contribution is 2.30. The van der Waals surface area contributed by atoms with E-state index in [2.05, 4.69) is 91.9 Å². The van der Waals surface area contributed by atoms with E-state index in [0.717, 1.165) is 6.42 Å². The number of rotatable bonds is 4. The summed E-state index contributed by atoms with van der Waals surface area (Å²) in [5.74, 6) is 0.412. The molecule has 3 aromatic carbocycles. The standard InChI is InChI=1S/C21H20/c1-17-10-8-9-15-20(17)21(19-13-6-3-7-14-19)16-18-11-4-2-5-12-18/h2-15,21H,16H2,1H3. The molecule has 1 atom stereocenters. The second-order valence-corrected chi connectivity index (χ2v) is 5.51. The molecule has 0 aliphatic rings. The maximum absolute atomic E-state index is 2.26. The molecule has 0 radical (unpaired) electrons. The molecule has 0 heteroatoms. The van der Waals surface area contributed by atoms with Crippen LogP contribution in [0.25, 0.3) is 0 Å². The Morgan fingerprint density at radius 2 is 1.24 bits per heavy atom. The molecule has 0 aliphatic heterocycles. The van der Waals surface area contributed by atoms with Crippen LogP contribution in [-0.4, -0.2) is 0 Å². The molecule has 3 aromatic rings. The average molecular weight is 272 g/mol. The van der Waals surface area contributed by atoms with Crippen LogP contribution in [0.1, 0.15) is 28.2 Å². The third-order valence-corrected chi connectivity index (χ3v) is 4.05. The van der Waals surface area contributed by atoms with Gasteiger partial charge in [0.15, 0.2) is 0 Å². The van der Waals surface area contributed by atoms with E-state index in [1.54, 1.807) is 0 Å². The molecule has 0 bridgehead atoms. The molecule has 104 valence electrons. The van der Waals surface area contributed by atoms with Gasteiger partial charge in [-0.3, -0.25) is 0 Å². The lowest BCUT2D eigenvalue weighted by atomic mass is 9.84. The zero-order valence-corrected chi connectivity index (χ0v) is 12.4. The van der Waals surface area contributed by atoms with Crippen LogP contribution in [0.2, 0.25) is 0 Å². The summed E-state index contributed by atoms with van der Waals surface area (Å²) >= 11 is 0. The summed E-state index contributed by atoms with van der Waals surface area (Å²) < 4.78 is 0. The van der Waals surface area contributed by atoms with Gasteiger partial charge in [0.2, 0.25) is 0 Å². The summed E-state index contributed by atoms with van der Waals surface area (Å²) in [6.07, 6.45) is 1.04. The average Bonchev–Trinajstić information content (AvgIpc) is 2.55. The van der Waals surface area contributed by atoms with Crippen molar-refractivity contribution in [2.75, 3.05) is 0 Å². The Morgan fingerprint density at radius 3 is 1.90 bits per heavy atom. The van der Waals surface area contributed by atoms with E-state index in [-0.39, 0.29) is 0 Å². The largest absolute Gasteiger partial charge is 0.0622 e. The van der Waals surface area contributed by atoms with E-state index in [9.17, 15) is 0 Å². The van der Waals surface area contributed by atoms with Gasteiger partial charge in [-0.15, -0.1) is 0 Å². The molecule has 0 spiro atoms. The quantitative estimate of drug-likeness (QED) is 0.599. The Hall–Kier alpha value is -2.34. The summed E-state index contributed by atoms with van der Waals surface area (Å²) in [6, 6.07) is 30.3. The highest BCUT2D eigenvalue weighted by molar-refractivity contribution is 5.39. The first kappa shape index (κ1) is 13.6. The van der Waals surface area contributed by atoms with Gasteiger partial charge in [-0.25, -0.2) is 0 Å². The fourth-order valence-corrected chi connectivity index (χ4v) is 2.92. The first-order valence-corrected chi connectivity index (χ1v) is 7.49. The van der Waals surface area contributed by atoms with E-state index in [1.807, 2.05) is 0 Å². The third kappa shape index (κ3) is 3.22. The predicted molar refractivity (Wildman–Crippen MR) is 89.6 cm³/mol. The van der Waals surface area contributed by atoms with E-state index in [0.29, 0.717) is 5.92 Å². The topological polar surface area (TPSA) is 0 Å². The molecule has 0 nitrogen and oxygen atoms in total. The molecule has 0 fully saturated rings. The molecule has 0 heterocycles. The molecule has 0 saturated heterocycles. The fraction of sp³-hybridized carbons (Fsp3) is 0.143. The molecule has 21 heavy (non-hydrogen) atoms. The first-order valence-electron chi connectivity index (χ1n) is 7.49. The van der Waals surface area contributed by atoms with Crippen molar-refractivity contribution in [1.29, 1.82) is 0 Å². The van der Waals surface area contributed by atoms with Crippen molar-refractivity contribution in [1.82, 2.24) is 0 Å². The Morgan fingerprint density at radius 1 is 0.667 bits per heavy atom. The number of benzene rings is 3. The maximum Gasteiger partial charge on any atom is 0.0132 e. The van der Waals surface area contributed by atoms with Crippen LogP contribution in [0, 0.1) is 6.92 Å². The summed E-state index contributed by atoms with van der Waals surface area (Å²) in [7, 11) is 0. The van der Waals surface area contributed by atoms with E-state index in [1.165, 1.54) is 22.3 Å². The van der Waals surface area contributed by atoms with Gasteiger partial charge in [0.1, 0.15) is 0 Å². The smallest absolute Gasteiger partial charge is 0.0132 e. The first-order chi connectivity index (χ1) is 10.3. The van der Waals surface area contributed by atoms with E-state index in [4.69, 9.17) is 0 Å². The molecule has 0 saturated carbocycles. The van der Waals surface area contributed by atoms with Crippen LogP contribution in [0.4, 0.5) is 0 Å². The van der Waals surface area contributed by atoms with Gasteiger partial charge >= 0.3 is 0 Å². The van der Waals surface area contributed by atoms with Gasteiger partial charge in [0, 0.05) is 5.92 Å². The van der Waals surface area contributed by atoms with Crippen molar-refractivity contribution in [3.63, 3.8) is 0 Å². The van der Waals surface area contributed by atoms with Crippen molar-refractivity contribution in [3.05, 3.63) is 107 Å². The fourth-order valence-electron chi connectivity index (χ4n) is 2.92. The molecule has 1 unspecified atom stereocenters. The van der Waals surface area contributed by atoms with Crippen LogP contribution < -0.4 is 0 Å². The SMILES string of the molecule is Cc1ccccc1C(Cc1ccccc1)c1ccccc1. The highest BCUT2D eigenvalue weighted by Gasteiger charge is 2.16. The maximum atomic E-state index is 2.26. The van der Waals surface area contributed by atoms with Crippen LogP contribution in [0.15, 0.2) is 84.9 Å². The van der Waals surface area contributed by atoms with Gasteiger partial charge in [-0.2, -0.15) is 0 Å². The summed E-state index contributed by atoms with van der Waals surface area (Å²) in [4.78, 5) is 0. The van der Waals surface area contributed by atoms with Gasteiger partial charge in [0.05, 0.1) is 0 Å². The van der Waals surface area contributed by atoms with Gasteiger partial charge in [0.25, 0.3) is 0 Å². The summed E-state index contributed by atoms with van der Waals surface area (Å²) in [5.41, 5.74) is 5.56. The Kier molecular flexibility index (Phi) is 4.16. The third-order valence-electron chi connectivity index (χ3n) is 4.05. The van der Waals surface area contributed by atoms with Gasteiger partial charge in [-0.05, 0) is 35.6 Å². The lowest BCUT2D eigenvalue weighted by molar-refractivity contribution is 0.798. The van der Waals surface area contributed by atoms with Crippen molar-refractivity contribution in [2.24, 2.45) is 0 Å². The molecule has 0 amide bonds. The van der Waals surface area contributed by atoms with E-state index < -0.39 is 0 Å². The van der Waals surface area contributed by atoms with Crippen LogP contribution in [0.5, 0.6) is 0 Å². The van der Waals surface area contributed by atoms with Crippen LogP contribution in [0.3, 0.4) is 0 Å². The zero-order valence-electron chi connectivity index (χ0n) is 12.4. The van der Waals surface area contributed by atoms with Crippen molar-refractivity contribution in [2.45, 2.75) is 19.3 Å². The summed E-state index contributed by atoms with van der Waals surface area (Å²) in [6.45, 7) is 2.20. The minimum absolute atomic E-state index is 0.412. The summed E-state index contributed by atoms with van der Waals surface area (Å²) in [5, 5.41) is 0. The lowest BCUT2D eigenvalue weighted by Crippen LogP contribution is -2.06. The monoisotopic (exact) mass is 272 g/mol. The van der Waals surface area contributed by atoms with Crippen LogP contribution in [-0.2, 0) is 6.42 Å². The highest BCUT2D eigenvalue weighted by atomic mass is 14.2. The zero-order chi connectivity index (χ0) is 14.5. The Balaban J connectivity index is 2.02. The molecular weight excluding hydrogens is 252 g/mol. The van der Waals surface area contributed by atoms with Gasteiger partial charge in [-0.1, -0.05) is 84.9 Å². The molecule has 0 N–H and O–H groups in total. The van der Waals surface area contributed by atoms with Crippen molar-refractivity contribution >= 4 is 0 Å². The molecule has 0 aliphatic carbocycles. The normalized spacial score (nSPS) is 12.0. The number of aryl methyl sites for hydroxylation is 1. The Bertz CT molecular complexity index is 683. The molecule has 3 rings (SSSR count).